The Balaban J connectivity index is 2.34. The summed E-state index contributed by atoms with van der Waals surface area (Å²) in [7, 11) is -3.12. The van der Waals surface area contributed by atoms with Crippen LogP contribution in [-0.2, 0) is 21.0 Å². The number of benzene rings is 2. The number of methoxy groups -OCH3 is 1. The largest absolute Gasteiger partial charge is 0.495 e. The first-order valence-corrected chi connectivity index (χ1v) is 10.7. The predicted molar refractivity (Wildman–Crippen MR) is 112 cm³/mol. The van der Waals surface area contributed by atoms with E-state index in [1.54, 1.807) is 0 Å². The maximum atomic E-state index is 13.1. The average Bonchev–Trinajstić information content (AvgIpc) is 2.67. The van der Waals surface area contributed by atoms with E-state index >= 15 is 0 Å². The molecular formula is C19H17Cl2F3N2O4S. The number of alkyl halides is 3. The number of nitrogens with zero attached hydrogens (tertiary/aromatic N) is 1. The van der Waals surface area contributed by atoms with E-state index in [1.165, 1.54) is 31.4 Å². The lowest BCUT2D eigenvalue weighted by Crippen LogP contribution is -2.38. The van der Waals surface area contributed by atoms with Gasteiger partial charge in [0.1, 0.15) is 5.75 Å². The predicted octanol–water partition coefficient (Wildman–Crippen LogP) is 4.84. The highest BCUT2D eigenvalue weighted by atomic mass is 35.5. The maximum Gasteiger partial charge on any atom is 0.417 e. The maximum absolute atomic E-state index is 13.1. The van der Waals surface area contributed by atoms with Gasteiger partial charge in [0.25, 0.3) is 0 Å². The monoisotopic (exact) mass is 496 g/mol. The second-order valence-electron chi connectivity index (χ2n) is 6.12. The van der Waals surface area contributed by atoms with Gasteiger partial charge in [-0.05, 0) is 36.4 Å². The first-order chi connectivity index (χ1) is 14.4. The summed E-state index contributed by atoms with van der Waals surface area (Å²) in [5, 5.41) is 2.12. The summed E-state index contributed by atoms with van der Waals surface area (Å²) in [4.78, 5) is 11.8. The summed E-state index contributed by atoms with van der Waals surface area (Å²) >= 11 is 11.5. The third-order valence-corrected chi connectivity index (χ3v) is 6.34. The molecule has 0 saturated heterocycles. The van der Waals surface area contributed by atoms with Crippen LogP contribution < -0.4 is 10.1 Å². The van der Waals surface area contributed by atoms with Gasteiger partial charge in [0.15, 0.2) is 0 Å². The van der Waals surface area contributed by atoms with Crippen molar-refractivity contribution in [2.75, 3.05) is 25.5 Å². The van der Waals surface area contributed by atoms with Crippen molar-refractivity contribution in [2.45, 2.75) is 11.1 Å². The van der Waals surface area contributed by atoms with Crippen molar-refractivity contribution >= 4 is 44.8 Å². The summed E-state index contributed by atoms with van der Waals surface area (Å²) in [6.07, 6.45) is -3.65. The number of hydrogen-bond donors (Lipinski definition) is 1. The molecule has 0 aliphatic heterocycles. The first kappa shape index (κ1) is 25.0. The number of nitrogens with one attached hydrogen (secondary N) is 1. The molecule has 1 N–H and O–H groups in total. The quantitative estimate of drug-likeness (QED) is 0.530. The number of carbonyl (C=O) groups is 1. The molecule has 6 nitrogen and oxygen atoms in total. The van der Waals surface area contributed by atoms with Gasteiger partial charge in [-0.1, -0.05) is 29.3 Å². The fourth-order valence-electron chi connectivity index (χ4n) is 2.55. The van der Waals surface area contributed by atoms with Gasteiger partial charge in [-0.25, -0.2) is 8.42 Å². The molecule has 0 saturated carbocycles. The van der Waals surface area contributed by atoms with Gasteiger partial charge < -0.3 is 10.1 Å². The lowest BCUT2D eigenvalue weighted by Gasteiger charge is -2.21. The summed E-state index contributed by atoms with van der Waals surface area (Å²) in [5.74, 6) is -0.487. The molecule has 0 fully saturated rings. The Morgan fingerprint density at radius 2 is 1.90 bits per heavy atom. The van der Waals surface area contributed by atoms with Crippen LogP contribution in [0.1, 0.15) is 5.56 Å². The molecule has 0 aliphatic carbocycles. The van der Waals surface area contributed by atoms with Crippen LogP contribution in [0.3, 0.4) is 0 Å². The minimum absolute atomic E-state index is 0.196. The van der Waals surface area contributed by atoms with Crippen molar-refractivity contribution in [1.29, 1.82) is 0 Å². The van der Waals surface area contributed by atoms with Crippen molar-refractivity contribution in [1.82, 2.24) is 4.31 Å². The number of anilines is 1. The summed E-state index contributed by atoms with van der Waals surface area (Å²) < 4.78 is 71.0. The van der Waals surface area contributed by atoms with Crippen LogP contribution in [0, 0.1) is 0 Å². The Kier molecular flexibility index (Phi) is 7.98. The van der Waals surface area contributed by atoms with E-state index in [9.17, 15) is 26.4 Å². The van der Waals surface area contributed by atoms with Crippen molar-refractivity contribution in [3.8, 4) is 5.75 Å². The Morgan fingerprint density at radius 1 is 1.23 bits per heavy atom. The Bertz CT molecular complexity index is 1090. The van der Waals surface area contributed by atoms with E-state index in [4.69, 9.17) is 27.9 Å². The van der Waals surface area contributed by atoms with Crippen molar-refractivity contribution < 1.29 is 31.1 Å². The van der Waals surface area contributed by atoms with E-state index in [0.717, 1.165) is 12.1 Å². The smallest absolute Gasteiger partial charge is 0.417 e. The normalized spacial score (nSPS) is 12.0. The fourth-order valence-corrected chi connectivity index (χ4v) is 4.34. The Hall–Kier alpha value is -2.27. The van der Waals surface area contributed by atoms with Crippen LogP contribution >= 0.6 is 23.2 Å². The van der Waals surface area contributed by atoms with E-state index in [1.807, 2.05) is 0 Å². The lowest BCUT2D eigenvalue weighted by molar-refractivity contribution is -0.137. The number of ether oxygens (including phenoxy) is 1. The van der Waals surface area contributed by atoms with Crippen molar-refractivity contribution in [2.24, 2.45) is 0 Å². The molecule has 31 heavy (non-hydrogen) atoms. The summed E-state index contributed by atoms with van der Waals surface area (Å²) in [5.41, 5.74) is -1.11. The molecular weight excluding hydrogens is 480 g/mol. The van der Waals surface area contributed by atoms with Crippen LogP contribution in [0.4, 0.5) is 18.9 Å². The first-order valence-electron chi connectivity index (χ1n) is 8.51. The summed E-state index contributed by atoms with van der Waals surface area (Å²) in [6.45, 7) is 2.41. The van der Waals surface area contributed by atoms with Crippen LogP contribution in [0.25, 0.3) is 0 Å². The van der Waals surface area contributed by atoms with Gasteiger partial charge in [-0.2, -0.15) is 17.5 Å². The molecule has 2 aromatic rings. The molecule has 0 aromatic heterocycles. The van der Waals surface area contributed by atoms with Gasteiger partial charge >= 0.3 is 6.18 Å². The topological polar surface area (TPSA) is 75.7 Å². The zero-order valence-corrected chi connectivity index (χ0v) is 18.4. The van der Waals surface area contributed by atoms with Crippen LogP contribution in [0.5, 0.6) is 5.75 Å². The van der Waals surface area contributed by atoms with Gasteiger partial charge in [0, 0.05) is 11.6 Å². The third kappa shape index (κ3) is 6.13. The highest BCUT2D eigenvalue weighted by Gasteiger charge is 2.35. The molecule has 12 heteroatoms. The average molecular weight is 497 g/mol. The number of amides is 1. The molecule has 0 bridgehead atoms. The van der Waals surface area contributed by atoms with Gasteiger partial charge in [-0.15, -0.1) is 6.58 Å². The molecule has 0 spiro atoms. The third-order valence-electron chi connectivity index (χ3n) is 3.97. The fraction of sp³-hybridized carbons (Fsp3) is 0.211. The van der Waals surface area contributed by atoms with E-state index in [-0.39, 0.29) is 18.0 Å². The highest BCUT2D eigenvalue weighted by molar-refractivity contribution is 7.89. The number of carbonyl (C=O) groups excluding carboxylic acids is 1. The molecule has 2 rings (SSSR count). The molecule has 0 atom stereocenters. The second-order valence-corrected chi connectivity index (χ2v) is 8.90. The molecule has 0 unspecified atom stereocenters. The molecule has 0 heterocycles. The number of sulfonamides is 1. The SMILES string of the molecule is C=CCN(CC(=O)Nc1cc(Cl)ccc1OC)S(=O)(=O)c1ccc(Cl)c(C(F)(F)F)c1. The Labute approximate surface area is 187 Å². The minimum atomic E-state index is -4.85. The van der Waals surface area contributed by atoms with E-state index < -0.39 is 44.1 Å². The summed E-state index contributed by atoms with van der Waals surface area (Å²) in [6, 6.07) is 6.62. The number of rotatable bonds is 8. The van der Waals surface area contributed by atoms with Crippen molar-refractivity contribution in [3.63, 3.8) is 0 Å². The number of hydrogen-bond acceptors (Lipinski definition) is 4. The lowest BCUT2D eigenvalue weighted by atomic mass is 10.2. The van der Waals surface area contributed by atoms with Crippen LogP contribution in [-0.4, -0.2) is 38.8 Å². The molecule has 168 valence electrons. The molecule has 2 aromatic carbocycles. The number of halogens is 5. The van der Waals surface area contributed by atoms with Gasteiger partial charge in [0.2, 0.25) is 15.9 Å². The second kappa shape index (κ2) is 9.90. The molecule has 0 aliphatic rings. The van der Waals surface area contributed by atoms with Crippen molar-refractivity contribution in [3.05, 3.63) is 64.7 Å². The standard InChI is InChI=1S/C19H17Cl2F3N2O4S/c1-3-8-26(11-18(27)25-16-9-12(20)4-7-17(16)30-2)31(28,29)13-5-6-15(21)14(10-13)19(22,23)24/h3-7,9-10H,1,8,11H2,2H3,(H,25,27). The zero-order chi connectivity index (χ0) is 23.4. The highest BCUT2D eigenvalue weighted by Crippen LogP contribution is 2.36. The van der Waals surface area contributed by atoms with Crippen LogP contribution in [0.2, 0.25) is 10.0 Å². The molecule has 1 amide bonds. The zero-order valence-electron chi connectivity index (χ0n) is 16.0. The minimum Gasteiger partial charge on any atom is -0.495 e. The van der Waals surface area contributed by atoms with E-state index in [0.29, 0.717) is 15.4 Å². The molecule has 0 radical (unpaired) electrons. The van der Waals surface area contributed by atoms with E-state index in [2.05, 4.69) is 11.9 Å². The Morgan fingerprint density at radius 3 is 2.48 bits per heavy atom. The van der Waals surface area contributed by atoms with Crippen LogP contribution in [0.15, 0.2) is 53.9 Å². The van der Waals surface area contributed by atoms with Gasteiger partial charge in [-0.3, -0.25) is 4.79 Å². The van der Waals surface area contributed by atoms with Gasteiger partial charge in [0.05, 0.1) is 34.8 Å².